The number of hydrogen-bond donors (Lipinski definition) is 0. The van der Waals surface area contributed by atoms with E-state index in [4.69, 9.17) is 16.3 Å². The lowest BCUT2D eigenvalue weighted by atomic mass is 10.1. The van der Waals surface area contributed by atoms with Crippen molar-refractivity contribution in [1.82, 2.24) is 15.1 Å². The van der Waals surface area contributed by atoms with Gasteiger partial charge in [0.25, 0.3) is 0 Å². The van der Waals surface area contributed by atoms with Crippen LogP contribution in [0.25, 0.3) is 0 Å². The van der Waals surface area contributed by atoms with Crippen molar-refractivity contribution in [2.75, 3.05) is 24.5 Å². The van der Waals surface area contributed by atoms with Crippen molar-refractivity contribution in [3.05, 3.63) is 47.6 Å². The third-order valence-corrected chi connectivity index (χ3v) is 5.16. The summed E-state index contributed by atoms with van der Waals surface area (Å²) in [4.78, 5) is 28.7. The Hall–Kier alpha value is -2.67. The SMILES string of the molecule is O=C(C1CC(=O)N(c2ccc(Cl)cc2)C1)N1CCC(Oc2cccnn2)C1. The summed E-state index contributed by atoms with van der Waals surface area (Å²) >= 11 is 5.91. The van der Waals surface area contributed by atoms with E-state index in [0.29, 0.717) is 30.5 Å². The smallest absolute Gasteiger partial charge is 0.233 e. The van der Waals surface area contributed by atoms with Gasteiger partial charge in [-0.05, 0) is 30.3 Å². The van der Waals surface area contributed by atoms with Gasteiger partial charge in [0.15, 0.2) is 0 Å². The molecule has 1 aromatic heterocycles. The summed E-state index contributed by atoms with van der Waals surface area (Å²) in [6, 6.07) is 10.6. The second-order valence-corrected chi connectivity index (χ2v) is 7.19. The molecule has 27 heavy (non-hydrogen) atoms. The highest BCUT2D eigenvalue weighted by Gasteiger charge is 2.39. The molecule has 0 radical (unpaired) electrons. The number of likely N-dealkylation sites (tertiary alicyclic amines) is 1. The highest BCUT2D eigenvalue weighted by Crippen LogP contribution is 2.28. The van der Waals surface area contributed by atoms with Gasteiger partial charge in [0, 0.05) is 48.9 Å². The van der Waals surface area contributed by atoms with Crippen LogP contribution in [0.1, 0.15) is 12.8 Å². The molecule has 0 saturated carbocycles. The highest BCUT2D eigenvalue weighted by molar-refractivity contribution is 6.30. The van der Waals surface area contributed by atoms with E-state index in [9.17, 15) is 9.59 Å². The number of carbonyl (C=O) groups is 2. The molecule has 1 aromatic carbocycles. The van der Waals surface area contributed by atoms with Crippen LogP contribution >= 0.6 is 11.6 Å². The summed E-state index contributed by atoms with van der Waals surface area (Å²) in [6.07, 6.45) is 2.45. The van der Waals surface area contributed by atoms with E-state index in [2.05, 4.69) is 10.2 Å². The van der Waals surface area contributed by atoms with Crippen molar-refractivity contribution in [3.63, 3.8) is 0 Å². The third kappa shape index (κ3) is 3.88. The molecule has 2 unspecified atom stereocenters. The Morgan fingerprint density at radius 2 is 2.00 bits per heavy atom. The fourth-order valence-corrected chi connectivity index (χ4v) is 3.67. The third-order valence-electron chi connectivity index (χ3n) is 4.90. The zero-order valence-electron chi connectivity index (χ0n) is 14.6. The average molecular weight is 387 g/mol. The van der Waals surface area contributed by atoms with Gasteiger partial charge in [-0.25, -0.2) is 0 Å². The fourth-order valence-electron chi connectivity index (χ4n) is 3.55. The molecule has 2 aliphatic rings. The molecule has 0 N–H and O–H groups in total. The minimum absolute atomic E-state index is 0.00468. The van der Waals surface area contributed by atoms with Crippen molar-refractivity contribution in [2.24, 2.45) is 5.92 Å². The van der Waals surface area contributed by atoms with Gasteiger partial charge in [-0.15, -0.1) is 5.10 Å². The molecule has 2 atom stereocenters. The first-order chi connectivity index (χ1) is 13.1. The maximum atomic E-state index is 12.9. The van der Waals surface area contributed by atoms with E-state index in [-0.39, 0.29) is 30.3 Å². The number of amides is 2. The number of benzene rings is 1. The van der Waals surface area contributed by atoms with Crippen molar-refractivity contribution in [1.29, 1.82) is 0 Å². The molecule has 2 aromatic rings. The molecular formula is C19H19ClN4O3. The van der Waals surface area contributed by atoms with E-state index >= 15 is 0 Å². The number of halogens is 1. The van der Waals surface area contributed by atoms with Crippen LogP contribution in [0.4, 0.5) is 5.69 Å². The Balaban J connectivity index is 1.36. The minimum Gasteiger partial charge on any atom is -0.471 e. The maximum absolute atomic E-state index is 12.9. The van der Waals surface area contributed by atoms with E-state index in [1.807, 2.05) is 0 Å². The molecule has 7 nitrogen and oxygen atoms in total. The summed E-state index contributed by atoms with van der Waals surface area (Å²) in [5.74, 6) is 0.0949. The van der Waals surface area contributed by atoms with Gasteiger partial charge in [-0.3, -0.25) is 9.59 Å². The lowest BCUT2D eigenvalue weighted by Crippen LogP contribution is -2.37. The van der Waals surface area contributed by atoms with Crippen molar-refractivity contribution in [2.45, 2.75) is 18.9 Å². The van der Waals surface area contributed by atoms with Crippen molar-refractivity contribution in [3.8, 4) is 5.88 Å². The van der Waals surface area contributed by atoms with E-state index in [0.717, 1.165) is 12.1 Å². The molecule has 2 aliphatic heterocycles. The largest absolute Gasteiger partial charge is 0.471 e. The molecule has 2 fully saturated rings. The van der Waals surface area contributed by atoms with Crippen LogP contribution < -0.4 is 9.64 Å². The van der Waals surface area contributed by atoms with Crippen LogP contribution in [-0.4, -0.2) is 52.6 Å². The predicted octanol–water partition coefficient (Wildman–Crippen LogP) is 2.16. The maximum Gasteiger partial charge on any atom is 0.233 e. The van der Waals surface area contributed by atoms with Gasteiger partial charge >= 0.3 is 0 Å². The molecule has 3 heterocycles. The van der Waals surface area contributed by atoms with Gasteiger partial charge in [-0.2, -0.15) is 5.10 Å². The molecular weight excluding hydrogens is 368 g/mol. The zero-order valence-corrected chi connectivity index (χ0v) is 15.4. The standard InChI is InChI=1S/C19H19ClN4O3/c20-14-3-5-15(6-4-14)24-11-13(10-18(24)25)19(26)23-9-7-16(12-23)27-17-2-1-8-21-22-17/h1-6,8,13,16H,7,9-12H2. The lowest BCUT2D eigenvalue weighted by molar-refractivity contribution is -0.135. The Morgan fingerprint density at radius 3 is 2.74 bits per heavy atom. The molecule has 140 valence electrons. The van der Waals surface area contributed by atoms with E-state index < -0.39 is 0 Å². The fraction of sp³-hybridized carbons (Fsp3) is 0.368. The van der Waals surface area contributed by atoms with Crippen LogP contribution in [0.5, 0.6) is 5.88 Å². The molecule has 0 aliphatic carbocycles. The Bertz CT molecular complexity index is 831. The number of aromatic nitrogens is 2. The molecule has 8 heteroatoms. The highest BCUT2D eigenvalue weighted by atomic mass is 35.5. The van der Waals surface area contributed by atoms with E-state index in [1.54, 1.807) is 52.4 Å². The van der Waals surface area contributed by atoms with E-state index in [1.165, 1.54) is 0 Å². The summed E-state index contributed by atoms with van der Waals surface area (Å²) in [5, 5.41) is 8.32. The number of anilines is 1. The van der Waals surface area contributed by atoms with Crippen LogP contribution in [-0.2, 0) is 9.59 Å². The summed E-state index contributed by atoms with van der Waals surface area (Å²) < 4.78 is 5.78. The molecule has 2 amide bonds. The first kappa shape index (κ1) is 17.7. The van der Waals surface area contributed by atoms with Gasteiger partial charge < -0.3 is 14.5 Å². The average Bonchev–Trinajstić information content (AvgIpc) is 3.30. The van der Waals surface area contributed by atoms with Gasteiger partial charge in [-0.1, -0.05) is 11.6 Å². The van der Waals surface area contributed by atoms with Crippen LogP contribution in [0, 0.1) is 5.92 Å². The van der Waals surface area contributed by atoms with Crippen LogP contribution in [0.15, 0.2) is 42.6 Å². The Kier molecular flexibility index (Phi) is 4.94. The lowest BCUT2D eigenvalue weighted by Gasteiger charge is -2.21. The first-order valence-electron chi connectivity index (χ1n) is 8.89. The first-order valence-corrected chi connectivity index (χ1v) is 9.27. The topological polar surface area (TPSA) is 75.6 Å². The Morgan fingerprint density at radius 1 is 1.19 bits per heavy atom. The molecule has 2 saturated heterocycles. The number of nitrogens with zero attached hydrogens (tertiary/aromatic N) is 4. The Labute approximate surface area is 161 Å². The van der Waals surface area contributed by atoms with Crippen molar-refractivity contribution < 1.29 is 14.3 Å². The second kappa shape index (κ2) is 7.52. The van der Waals surface area contributed by atoms with Gasteiger partial charge in [0.05, 0.1) is 12.5 Å². The molecule has 4 rings (SSSR count). The van der Waals surface area contributed by atoms with Crippen LogP contribution in [0.3, 0.4) is 0 Å². The number of ether oxygens (including phenoxy) is 1. The zero-order chi connectivity index (χ0) is 18.8. The number of hydrogen-bond acceptors (Lipinski definition) is 5. The number of carbonyl (C=O) groups excluding carboxylic acids is 2. The normalized spacial score (nSPS) is 22.3. The second-order valence-electron chi connectivity index (χ2n) is 6.76. The summed E-state index contributed by atoms with van der Waals surface area (Å²) in [7, 11) is 0. The quantitative estimate of drug-likeness (QED) is 0.804. The summed E-state index contributed by atoms with van der Waals surface area (Å²) in [5.41, 5.74) is 0.769. The van der Waals surface area contributed by atoms with Gasteiger partial charge in [0.1, 0.15) is 6.10 Å². The predicted molar refractivity (Wildman–Crippen MR) is 99.6 cm³/mol. The minimum atomic E-state index is -0.330. The van der Waals surface area contributed by atoms with Crippen molar-refractivity contribution >= 4 is 29.1 Å². The monoisotopic (exact) mass is 386 g/mol. The summed E-state index contributed by atoms with van der Waals surface area (Å²) in [6.45, 7) is 1.52. The number of rotatable bonds is 4. The van der Waals surface area contributed by atoms with Crippen LogP contribution in [0.2, 0.25) is 5.02 Å². The molecule has 0 bridgehead atoms. The van der Waals surface area contributed by atoms with Gasteiger partial charge in [0.2, 0.25) is 17.7 Å². The molecule has 0 spiro atoms.